The highest BCUT2D eigenvalue weighted by molar-refractivity contribution is 5.40. The maximum atomic E-state index is 9.91. The number of allylic oxidation sites excluding steroid dienone is 2. The molecule has 0 amide bonds. The first-order valence-corrected chi connectivity index (χ1v) is 3.42. The molecule has 0 spiro atoms. The number of carbonyl (C=O) groups excluding carboxylic acids is 1. The van der Waals surface area contributed by atoms with E-state index in [-0.39, 0.29) is 0 Å². The van der Waals surface area contributed by atoms with Gasteiger partial charge >= 0.3 is 0 Å². The van der Waals surface area contributed by atoms with Crippen LogP contribution in [-0.4, -0.2) is 6.47 Å². The highest BCUT2D eigenvalue weighted by Gasteiger charge is 2.10. The third-order valence-electron chi connectivity index (χ3n) is 1.65. The Hall–Kier alpha value is -0.990. The molecule has 1 aliphatic carbocycles. The van der Waals surface area contributed by atoms with Crippen LogP contribution in [0.1, 0.15) is 25.7 Å². The van der Waals surface area contributed by atoms with Gasteiger partial charge in [-0.3, -0.25) is 4.79 Å². The van der Waals surface area contributed by atoms with Crippen LogP contribution in [0, 0.1) is 0 Å². The van der Waals surface area contributed by atoms with E-state index in [0.717, 1.165) is 31.4 Å². The van der Waals surface area contributed by atoms with Crippen LogP contribution in [0.3, 0.4) is 0 Å². The fraction of sp³-hybridized carbons (Fsp3) is 0.571. The summed E-state index contributed by atoms with van der Waals surface area (Å²) in [6.45, 7) is 0.438. The van der Waals surface area contributed by atoms with Crippen molar-refractivity contribution in [2.24, 2.45) is 5.73 Å². The third-order valence-corrected chi connectivity index (χ3v) is 1.65. The Morgan fingerprint density at radius 3 is 2.70 bits per heavy atom. The molecule has 0 atom stereocenters. The third kappa shape index (κ3) is 1.50. The van der Waals surface area contributed by atoms with Gasteiger partial charge in [0.15, 0.2) is 0 Å². The van der Waals surface area contributed by atoms with Gasteiger partial charge in [0, 0.05) is 12.1 Å². The number of ether oxygens (including phenoxy) is 1. The molecule has 0 bridgehead atoms. The highest BCUT2D eigenvalue weighted by atomic mass is 16.5. The fourth-order valence-electron chi connectivity index (χ4n) is 1.09. The van der Waals surface area contributed by atoms with E-state index < -0.39 is 0 Å². The molecule has 3 heteroatoms. The lowest BCUT2D eigenvalue weighted by Gasteiger charge is -2.13. The maximum absolute atomic E-state index is 9.91. The molecule has 0 fully saturated rings. The van der Waals surface area contributed by atoms with Crippen LogP contribution in [0.2, 0.25) is 0 Å². The second-order valence-corrected chi connectivity index (χ2v) is 2.37. The number of carbonyl (C=O) groups is 1. The molecule has 0 radical (unpaired) electrons. The zero-order valence-electron chi connectivity index (χ0n) is 5.80. The van der Waals surface area contributed by atoms with Crippen LogP contribution in [0.4, 0.5) is 0 Å². The monoisotopic (exact) mass is 141 g/mol. The van der Waals surface area contributed by atoms with Crippen molar-refractivity contribution in [3.8, 4) is 0 Å². The number of rotatable bonds is 2. The summed E-state index contributed by atoms with van der Waals surface area (Å²) in [5.74, 6) is 0.668. The van der Waals surface area contributed by atoms with Gasteiger partial charge < -0.3 is 10.5 Å². The van der Waals surface area contributed by atoms with Crippen LogP contribution in [0.15, 0.2) is 11.5 Å². The Morgan fingerprint density at radius 2 is 2.10 bits per heavy atom. The standard InChI is InChI=1S/C7H11NO2/c8-6-3-1-2-4-7(6)10-5-9/h5H,1-4,8H2. The number of hydrogen-bond acceptors (Lipinski definition) is 3. The Balaban J connectivity index is 2.58. The van der Waals surface area contributed by atoms with Crippen molar-refractivity contribution in [1.82, 2.24) is 0 Å². The summed E-state index contributed by atoms with van der Waals surface area (Å²) >= 11 is 0. The van der Waals surface area contributed by atoms with Crippen molar-refractivity contribution < 1.29 is 9.53 Å². The van der Waals surface area contributed by atoms with Crippen molar-refractivity contribution >= 4 is 6.47 Å². The Morgan fingerprint density at radius 1 is 1.40 bits per heavy atom. The van der Waals surface area contributed by atoms with Gasteiger partial charge in [-0.1, -0.05) is 0 Å². The first kappa shape index (κ1) is 7.12. The van der Waals surface area contributed by atoms with Crippen LogP contribution in [0.5, 0.6) is 0 Å². The number of hydrogen-bond donors (Lipinski definition) is 1. The van der Waals surface area contributed by atoms with Crippen LogP contribution in [-0.2, 0) is 9.53 Å². The maximum Gasteiger partial charge on any atom is 0.298 e. The first-order valence-electron chi connectivity index (χ1n) is 3.42. The molecule has 0 heterocycles. The predicted octanol–water partition coefficient (Wildman–Crippen LogP) is 0.904. The van der Waals surface area contributed by atoms with Crippen molar-refractivity contribution in [3.05, 3.63) is 11.5 Å². The van der Waals surface area contributed by atoms with Crippen LogP contribution < -0.4 is 5.73 Å². The van der Waals surface area contributed by atoms with Crippen LogP contribution in [0.25, 0.3) is 0 Å². The smallest absolute Gasteiger partial charge is 0.298 e. The summed E-state index contributed by atoms with van der Waals surface area (Å²) in [5.41, 5.74) is 6.30. The lowest BCUT2D eigenvalue weighted by molar-refractivity contribution is -0.125. The van der Waals surface area contributed by atoms with E-state index in [4.69, 9.17) is 5.73 Å². The summed E-state index contributed by atoms with van der Waals surface area (Å²) < 4.78 is 4.67. The quantitative estimate of drug-likeness (QED) is 0.581. The molecule has 0 saturated carbocycles. The average Bonchev–Trinajstić information content (AvgIpc) is 1.94. The van der Waals surface area contributed by atoms with E-state index in [1.165, 1.54) is 0 Å². The summed E-state index contributed by atoms with van der Waals surface area (Å²) in [6, 6.07) is 0. The van der Waals surface area contributed by atoms with E-state index in [1.807, 2.05) is 0 Å². The largest absolute Gasteiger partial charge is 0.431 e. The topological polar surface area (TPSA) is 52.3 Å². The molecular weight excluding hydrogens is 130 g/mol. The lowest BCUT2D eigenvalue weighted by atomic mass is 10.0. The normalized spacial score (nSPS) is 18.8. The van der Waals surface area contributed by atoms with Gasteiger partial charge in [-0.15, -0.1) is 0 Å². The molecule has 0 aliphatic heterocycles. The van der Waals surface area contributed by atoms with Gasteiger partial charge in [0.05, 0.1) is 0 Å². The molecule has 56 valence electrons. The number of nitrogens with two attached hydrogens (primary N) is 1. The molecule has 0 saturated heterocycles. The second-order valence-electron chi connectivity index (χ2n) is 2.37. The molecule has 0 aromatic rings. The molecule has 10 heavy (non-hydrogen) atoms. The molecular formula is C7H11NO2. The van der Waals surface area contributed by atoms with Crippen molar-refractivity contribution in [2.45, 2.75) is 25.7 Å². The average molecular weight is 141 g/mol. The van der Waals surface area contributed by atoms with Gasteiger partial charge in [-0.05, 0) is 19.3 Å². The van der Waals surface area contributed by atoms with E-state index in [0.29, 0.717) is 12.2 Å². The van der Waals surface area contributed by atoms with Gasteiger partial charge in [0.2, 0.25) is 0 Å². The summed E-state index contributed by atoms with van der Waals surface area (Å²) in [5, 5.41) is 0. The molecule has 0 unspecified atom stereocenters. The van der Waals surface area contributed by atoms with Crippen LogP contribution >= 0.6 is 0 Å². The molecule has 2 N–H and O–H groups in total. The van der Waals surface area contributed by atoms with E-state index >= 15 is 0 Å². The van der Waals surface area contributed by atoms with Gasteiger partial charge in [-0.2, -0.15) is 0 Å². The molecule has 0 aromatic carbocycles. The molecule has 1 rings (SSSR count). The Bertz CT molecular complexity index is 163. The lowest BCUT2D eigenvalue weighted by Crippen LogP contribution is -2.09. The van der Waals surface area contributed by atoms with Gasteiger partial charge in [0.1, 0.15) is 5.76 Å². The minimum Gasteiger partial charge on any atom is -0.431 e. The van der Waals surface area contributed by atoms with Crippen molar-refractivity contribution in [3.63, 3.8) is 0 Å². The van der Waals surface area contributed by atoms with Gasteiger partial charge in [0.25, 0.3) is 6.47 Å². The molecule has 3 nitrogen and oxygen atoms in total. The second kappa shape index (κ2) is 3.25. The fourth-order valence-corrected chi connectivity index (χ4v) is 1.09. The van der Waals surface area contributed by atoms with E-state index in [2.05, 4.69) is 4.74 Å². The minimum atomic E-state index is 0.438. The summed E-state index contributed by atoms with van der Waals surface area (Å²) in [4.78, 5) is 9.91. The Kier molecular flexibility index (Phi) is 2.31. The van der Waals surface area contributed by atoms with Crippen molar-refractivity contribution in [2.75, 3.05) is 0 Å². The van der Waals surface area contributed by atoms with E-state index in [1.54, 1.807) is 0 Å². The summed E-state index contributed by atoms with van der Waals surface area (Å²) in [6.07, 6.45) is 3.86. The Labute approximate surface area is 59.8 Å². The van der Waals surface area contributed by atoms with E-state index in [9.17, 15) is 4.79 Å². The van der Waals surface area contributed by atoms with Gasteiger partial charge in [-0.25, -0.2) is 0 Å². The minimum absolute atomic E-state index is 0.438. The zero-order chi connectivity index (χ0) is 7.40. The molecule has 0 aromatic heterocycles. The SMILES string of the molecule is NC1=C(OC=O)CCCC1. The zero-order valence-corrected chi connectivity index (χ0v) is 5.80. The predicted molar refractivity (Wildman–Crippen MR) is 36.8 cm³/mol. The summed E-state index contributed by atoms with van der Waals surface area (Å²) in [7, 11) is 0. The molecule has 1 aliphatic rings. The first-order chi connectivity index (χ1) is 4.84. The highest BCUT2D eigenvalue weighted by Crippen LogP contribution is 2.21. The van der Waals surface area contributed by atoms with Crippen molar-refractivity contribution in [1.29, 1.82) is 0 Å².